The highest BCUT2D eigenvalue weighted by Gasteiger charge is 2.20. The maximum absolute atomic E-state index is 12.3. The minimum Gasteiger partial charge on any atom is -0.369 e. The summed E-state index contributed by atoms with van der Waals surface area (Å²) in [5, 5.41) is 12.6. The normalized spacial score (nSPS) is 12.0. The molecule has 2 rings (SSSR count). The molecule has 1 heterocycles. The predicted molar refractivity (Wildman–Crippen MR) is 107 cm³/mol. The van der Waals surface area contributed by atoms with Crippen LogP contribution in [0.25, 0.3) is 0 Å². The second-order valence-corrected chi connectivity index (χ2v) is 6.49. The molecule has 0 amide bonds. The number of nitriles is 1. The Morgan fingerprint density at radius 2 is 1.74 bits per heavy atom. The van der Waals surface area contributed by atoms with Gasteiger partial charge in [0.1, 0.15) is 11.9 Å². The number of benzene rings is 1. The van der Waals surface area contributed by atoms with Crippen LogP contribution in [0.15, 0.2) is 39.9 Å². The fourth-order valence-corrected chi connectivity index (χ4v) is 3.32. The number of likely N-dealkylation sites (N-methyl/N-ethyl adjacent to an activating group) is 1. The van der Waals surface area contributed by atoms with Crippen LogP contribution in [0.1, 0.15) is 25.0 Å². The van der Waals surface area contributed by atoms with Crippen molar-refractivity contribution in [1.29, 1.82) is 5.26 Å². The van der Waals surface area contributed by atoms with E-state index in [4.69, 9.17) is 0 Å². The minimum absolute atomic E-state index is 0.0439. The van der Waals surface area contributed by atoms with Crippen molar-refractivity contribution in [2.45, 2.75) is 26.3 Å². The van der Waals surface area contributed by atoms with Gasteiger partial charge >= 0.3 is 5.69 Å². The van der Waals surface area contributed by atoms with Crippen LogP contribution in [0.3, 0.4) is 0 Å². The molecule has 7 nitrogen and oxygen atoms in total. The highest BCUT2D eigenvalue weighted by Crippen LogP contribution is 2.12. The molecule has 1 atom stereocenters. The summed E-state index contributed by atoms with van der Waals surface area (Å²) < 4.78 is 2.28. The van der Waals surface area contributed by atoms with E-state index in [2.05, 4.69) is 36.2 Å². The first-order valence-electron chi connectivity index (χ1n) is 9.16. The van der Waals surface area contributed by atoms with E-state index in [1.54, 1.807) is 7.05 Å². The molecule has 144 valence electrons. The fourth-order valence-electron chi connectivity index (χ4n) is 3.32. The summed E-state index contributed by atoms with van der Waals surface area (Å²) in [5.41, 5.74) is 0.140. The summed E-state index contributed by atoms with van der Waals surface area (Å²) in [6, 6.07) is 12.3. The van der Waals surface area contributed by atoms with E-state index in [1.165, 1.54) is 17.2 Å². The second-order valence-electron chi connectivity index (χ2n) is 6.49. The second kappa shape index (κ2) is 9.19. The van der Waals surface area contributed by atoms with Gasteiger partial charge in [0, 0.05) is 26.7 Å². The topological polar surface area (TPSA) is 83.1 Å². The lowest BCUT2D eigenvalue weighted by Gasteiger charge is -2.30. The number of hydrogen-bond acceptors (Lipinski definition) is 5. The lowest BCUT2D eigenvalue weighted by atomic mass is 10.0. The molecule has 0 radical (unpaired) electrons. The molecule has 0 aliphatic heterocycles. The van der Waals surface area contributed by atoms with Crippen LogP contribution in [0, 0.1) is 11.3 Å². The molecule has 0 saturated carbocycles. The molecule has 0 aliphatic rings. The number of anilines is 1. The zero-order valence-electron chi connectivity index (χ0n) is 16.4. The van der Waals surface area contributed by atoms with Crippen molar-refractivity contribution in [3.8, 4) is 6.07 Å². The number of aromatic nitrogens is 2. The van der Waals surface area contributed by atoms with E-state index < -0.39 is 11.2 Å². The van der Waals surface area contributed by atoms with E-state index in [0.717, 1.165) is 24.1 Å². The molecular formula is C20H27N5O2. The van der Waals surface area contributed by atoms with Gasteiger partial charge in [0.2, 0.25) is 0 Å². The zero-order valence-corrected chi connectivity index (χ0v) is 16.4. The highest BCUT2D eigenvalue weighted by molar-refractivity contribution is 5.51. The Morgan fingerprint density at radius 3 is 2.30 bits per heavy atom. The molecule has 7 heteroatoms. The largest absolute Gasteiger partial charge is 0.369 e. The Labute approximate surface area is 159 Å². The van der Waals surface area contributed by atoms with E-state index in [0.29, 0.717) is 6.54 Å². The van der Waals surface area contributed by atoms with E-state index in [-0.39, 0.29) is 17.4 Å². The van der Waals surface area contributed by atoms with Crippen molar-refractivity contribution in [2.75, 3.05) is 25.0 Å². The molecule has 27 heavy (non-hydrogen) atoms. The monoisotopic (exact) mass is 369 g/mol. The van der Waals surface area contributed by atoms with Crippen molar-refractivity contribution in [2.24, 2.45) is 14.1 Å². The van der Waals surface area contributed by atoms with Crippen molar-refractivity contribution >= 4 is 5.82 Å². The minimum atomic E-state index is -0.578. The zero-order chi connectivity index (χ0) is 20.0. The summed E-state index contributed by atoms with van der Waals surface area (Å²) in [4.78, 5) is 26.8. The predicted octanol–water partition coefficient (Wildman–Crippen LogP) is 1.32. The number of nitrogens with one attached hydrogen (secondary N) is 1. The third-order valence-electron chi connectivity index (χ3n) is 4.92. The Bertz CT molecular complexity index is 920. The van der Waals surface area contributed by atoms with Gasteiger partial charge in [-0.15, -0.1) is 0 Å². The fraction of sp³-hybridized carbons (Fsp3) is 0.450. The van der Waals surface area contributed by atoms with Gasteiger partial charge < -0.3 is 5.32 Å². The van der Waals surface area contributed by atoms with Gasteiger partial charge in [0.25, 0.3) is 5.56 Å². The van der Waals surface area contributed by atoms with Gasteiger partial charge in [-0.3, -0.25) is 18.8 Å². The van der Waals surface area contributed by atoms with Crippen molar-refractivity contribution in [3.05, 3.63) is 62.3 Å². The van der Waals surface area contributed by atoms with Gasteiger partial charge in [-0.25, -0.2) is 4.79 Å². The van der Waals surface area contributed by atoms with Crippen LogP contribution in [0.4, 0.5) is 5.82 Å². The van der Waals surface area contributed by atoms with Crippen LogP contribution in [-0.4, -0.2) is 39.7 Å². The molecular weight excluding hydrogens is 342 g/mol. The lowest BCUT2D eigenvalue weighted by Crippen LogP contribution is -2.44. The average Bonchev–Trinajstić information content (AvgIpc) is 2.69. The maximum atomic E-state index is 12.3. The van der Waals surface area contributed by atoms with Crippen LogP contribution in [0.5, 0.6) is 0 Å². The van der Waals surface area contributed by atoms with Crippen LogP contribution in [0.2, 0.25) is 0 Å². The SMILES string of the molecule is CCN(CC)C(CNc1c(C#N)c(=O)n(C)c(=O)n1C)Cc1ccccc1. The molecule has 2 aromatic rings. The number of nitrogens with zero attached hydrogens (tertiary/aromatic N) is 4. The maximum Gasteiger partial charge on any atom is 0.332 e. The molecule has 1 unspecified atom stereocenters. The number of rotatable bonds is 8. The van der Waals surface area contributed by atoms with Gasteiger partial charge in [0.15, 0.2) is 5.56 Å². The van der Waals surface area contributed by atoms with Gasteiger partial charge in [-0.2, -0.15) is 5.26 Å². The first-order valence-corrected chi connectivity index (χ1v) is 9.16. The summed E-state index contributed by atoms with van der Waals surface area (Å²) in [6.45, 7) is 6.50. The summed E-state index contributed by atoms with van der Waals surface area (Å²) in [5.74, 6) is 0.274. The Kier molecular flexibility index (Phi) is 6.97. The van der Waals surface area contributed by atoms with Crippen molar-refractivity contribution in [3.63, 3.8) is 0 Å². The number of hydrogen-bond donors (Lipinski definition) is 1. The molecule has 0 bridgehead atoms. The molecule has 0 aliphatic carbocycles. The molecule has 1 aromatic carbocycles. The molecule has 1 N–H and O–H groups in total. The van der Waals surface area contributed by atoms with Crippen molar-refractivity contribution in [1.82, 2.24) is 14.0 Å². The summed E-state index contributed by atoms with van der Waals surface area (Å²) >= 11 is 0. The Morgan fingerprint density at radius 1 is 1.11 bits per heavy atom. The van der Waals surface area contributed by atoms with Gasteiger partial charge in [-0.05, 0) is 25.1 Å². The molecule has 0 fully saturated rings. The van der Waals surface area contributed by atoms with Crippen LogP contribution < -0.4 is 16.6 Å². The molecule has 0 saturated heterocycles. The first-order chi connectivity index (χ1) is 12.9. The standard InChI is InChI=1S/C20H27N5O2/c1-5-25(6-2)16(12-15-10-8-7-9-11-15)14-22-18-17(13-21)19(26)24(4)20(27)23(18)3/h7-11,16,22H,5-6,12,14H2,1-4H3. The smallest absolute Gasteiger partial charge is 0.332 e. The first kappa shape index (κ1) is 20.5. The Balaban J connectivity index is 2.34. The Hall–Kier alpha value is -2.85. The van der Waals surface area contributed by atoms with Crippen LogP contribution in [-0.2, 0) is 20.5 Å². The summed E-state index contributed by atoms with van der Waals surface area (Å²) in [7, 11) is 2.94. The highest BCUT2D eigenvalue weighted by atomic mass is 16.2. The van der Waals surface area contributed by atoms with Crippen molar-refractivity contribution < 1.29 is 0 Å². The third-order valence-corrected chi connectivity index (χ3v) is 4.92. The van der Waals surface area contributed by atoms with E-state index >= 15 is 0 Å². The average molecular weight is 369 g/mol. The quantitative estimate of drug-likeness (QED) is 0.759. The van der Waals surface area contributed by atoms with E-state index in [9.17, 15) is 14.9 Å². The third kappa shape index (κ3) is 4.47. The van der Waals surface area contributed by atoms with Gasteiger partial charge in [0.05, 0.1) is 0 Å². The lowest BCUT2D eigenvalue weighted by molar-refractivity contribution is 0.224. The van der Waals surface area contributed by atoms with E-state index in [1.807, 2.05) is 24.3 Å². The molecule has 0 spiro atoms. The summed E-state index contributed by atoms with van der Waals surface area (Å²) in [6.07, 6.45) is 0.830. The van der Waals surface area contributed by atoms with Gasteiger partial charge in [-0.1, -0.05) is 44.2 Å². The molecule has 1 aromatic heterocycles. The van der Waals surface area contributed by atoms with Crippen LogP contribution >= 0.6 is 0 Å².